The lowest BCUT2D eigenvalue weighted by Crippen LogP contribution is -2.39. The van der Waals surface area contributed by atoms with Crippen LogP contribution in [0.3, 0.4) is 0 Å². The number of likely N-dealkylation sites (N-methyl/N-ethyl adjacent to an activating group) is 1. The van der Waals surface area contributed by atoms with E-state index in [-0.39, 0.29) is 18.0 Å². The second kappa shape index (κ2) is 9.49. The summed E-state index contributed by atoms with van der Waals surface area (Å²) in [6.07, 6.45) is 2.73. The fourth-order valence-corrected chi connectivity index (χ4v) is 4.30. The molecule has 1 N–H and O–H groups in total. The molecule has 160 valence electrons. The molecule has 1 aliphatic heterocycles. The average Bonchev–Trinajstić information content (AvgIpc) is 2.81. The van der Waals surface area contributed by atoms with Crippen LogP contribution in [0.4, 0.5) is 5.69 Å². The summed E-state index contributed by atoms with van der Waals surface area (Å²) in [6, 6.07) is 17.3. The maximum Gasteiger partial charge on any atom is 0.259 e. The minimum absolute atomic E-state index is 0.0844. The molecule has 0 aliphatic carbocycles. The zero-order valence-corrected chi connectivity index (χ0v) is 18.6. The zero-order chi connectivity index (χ0) is 21.8. The monoisotopic (exact) mass is 434 g/mol. The van der Waals surface area contributed by atoms with Crippen molar-refractivity contribution in [2.24, 2.45) is 0 Å². The molecule has 31 heavy (non-hydrogen) atoms. The molecule has 0 unspecified atom stereocenters. The minimum atomic E-state index is -0.248. The molecule has 0 bridgehead atoms. The van der Waals surface area contributed by atoms with Gasteiger partial charge in [0.1, 0.15) is 12.4 Å². The predicted octanol–water partition coefficient (Wildman–Crippen LogP) is 3.65. The number of aromatic nitrogens is 2. The fourth-order valence-electron chi connectivity index (χ4n) is 3.84. The molecule has 1 aliphatic rings. The van der Waals surface area contributed by atoms with Gasteiger partial charge in [-0.05, 0) is 31.0 Å². The van der Waals surface area contributed by atoms with Gasteiger partial charge in [-0.2, -0.15) is 0 Å². The standard InChI is InChI=1S/C24H26N4O2S/c1-3-27-13-12-21-20(15-27)24(30)28(23(26-21)17-8-5-4-6-9-17)16-22(29)25-18-10-7-11-19(14-18)31-2/h4-11,14H,3,12-13,15-16H2,1-2H3,(H,25,29). The van der Waals surface area contributed by atoms with E-state index in [9.17, 15) is 9.59 Å². The number of carbonyl (C=O) groups excluding carboxylic acids is 1. The third-order valence-electron chi connectivity index (χ3n) is 5.53. The normalized spacial score (nSPS) is 13.6. The number of thioether (sulfide) groups is 1. The molecule has 1 amide bonds. The number of nitrogens with zero attached hydrogens (tertiary/aromatic N) is 3. The number of fused-ring (bicyclic) bond motifs is 1. The van der Waals surface area contributed by atoms with Gasteiger partial charge in [-0.1, -0.05) is 43.3 Å². The van der Waals surface area contributed by atoms with Crippen LogP contribution in [0.25, 0.3) is 11.4 Å². The van der Waals surface area contributed by atoms with Gasteiger partial charge in [-0.15, -0.1) is 11.8 Å². The van der Waals surface area contributed by atoms with E-state index in [4.69, 9.17) is 4.98 Å². The molecule has 3 aromatic rings. The first-order valence-corrected chi connectivity index (χ1v) is 11.7. The second-order valence-corrected chi connectivity index (χ2v) is 8.40. The first-order valence-electron chi connectivity index (χ1n) is 10.4. The number of amides is 1. The number of hydrogen-bond donors (Lipinski definition) is 1. The highest BCUT2D eigenvalue weighted by molar-refractivity contribution is 7.98. The molecule has 7 heteroatoms. The van der Waals surface area contributed by atoms with E-state index in [1.165, 1.54) is 4.57 Å². The highest BCUT2D eigenvalue weighted by Crippen LogP contribution is 2.22. The summed E-state index contributed by atoms with van der Waals surface area (Å²) in [5.74, 6) is 0.296. The highest BCUT2D eigenvalue weighted by Gasteiger charge is 2.24. The van der Waals surface area contributed by atoms with Crippen LogP contribution < -0.4 is 10.9 Å². The Hall–Kier alpha value is -2.90. The van der Waals surface area contributed by atoms with E-state index >= 15 is 0 Å². The van der Waals surface area contributed by atoms with Gasteiger partial charge in [0.15, 0.2) is 0 Å². The van der Waals surface area contributed by atoms with Crippen molar-refractivity contribution in [1.29, 1.82) is 0 Å². The van der Waals surface area contributed by atoms with Gasteiger partial charge in [0.2, 0.25) is 5.91 Å². The molecule has 6 nitrogen and oxygen atoms in total. The molecular weight excluding hydrogens is 408 g/mol. The lowest BCUT2D eigenvalue weighted by molar-refractivity contribution is -0.116. The van der Waals surface area contributed by atoms with Crippen molar-refractivity contribution in [3.63, 3.8) is 0 Å². The van der Waals surface area contributed by atoms with Crippen molar-refractivity contribution in [2.45, 2.75) is 31.3 Å². The lowest BCUT2D eigenvalue weighted by Gasteiger charge is -2.27. The number of hydrogen-bond acceptors (Lipinski definition) is 5. The van der Waals surface area contributed by atoms with Gasteiger partial charge in [0.05, 0.1) is 11.3 Å². The second-order valence-electron chi connectivity index (χ2n) is 7.52. The Morgan fingerprint density at radius 1 is 1.16 bits per heavy atom. The maximum atomic E-state index is 13.5. The van der Waals surface area contributed by atoms with Gasteiger partial charge >= 0.3 is 0 Å². The summed E-state index contributed by atoms with van der Waals surface area (Å²) in [7, 11) is 0. The number of benzene rings is 2. The molecule has 0 saturated carbocycles. The molecule has 0 radical (unpaired) electrons. The SMILES string of the molecule is CCN1CCc2nc(-c3ccccc3)n(CC(=O)Nc3cccc(SC)c3)c(=O)c2C1. The van der Waals surface area contributed by atoms with Crippen LogP contribution in [0.1, 0.15) is 18.2 Å². The van der Waals surface area contributed by atoms with Crippen molar-refractivity contribution in [3.8, 4) is 11.4 Å². The summed E-state index contributed by atoms with van der Waals surface area (Å²) in [5.41, 5.74) is 2.96. The van der Waals surface area contributed by atoms with Crippen molar-refractivity contribution in [2.75, 3.05) is 24.7 Å². The largest absolute Gasteiger partial charge is 0.324 e. The molecule has 0 atom stereocenters. The van der Waals surface area contributed by atoms with Crippen LogP contribution >= 0.6 is 11.8 Å². The molecule has 0 saturated heterocycles. The van der Waals surface area contributed by atoms with E-state index in [2.05, 4.69) is 17.1 Å². The van der Waals surface area contributed by atoms with E-state index in [0.717, 1.165) is 35.7 Å². The molecule has 0 fully saturated rings. The smallest absolute Gasteiger partial charge is 0.259 e. The van der Waals surface area contributed by atoms with Crippen LogP contribution in [0.15, 0.2) is 64.3 Å². The van der Waals surface area contributed by atoms with Crippen molar-refractivity contribution < 1.29 is 4.79 Å². The van der Waals surface area contributed by atoms with Gasteiger partial charge in [0, 0.05) is 35.7 Å². The zero-order valence-electron chi connectivity index (χ0n) is 17.8. The Kier molecular flexibility index (Phi) is 6.53. The van der Waals surface area contributed by atoms with Crippen molar-refractivity contribution >= 4 is 23.4 Å². The summed E-state index contributed by atoms with van der Waals surface area (Å²) in [4.78, 5) is 34.5. The minimum Gasteiger partial charge on any atom is -0.324 e. The average molecular weight is 435 g/mol. The van der Waals surface area contributed by atoms with Crippen LogP contribution in [0.5, 0.6) is 0 Å². The number of nitrogens with one attached hydrogen (secondary N) is 1. The Morgan fingerprint density at radius 3 is 2.71 bits per heavy atom. The Morgan fingerprint density at radius 2 is 1.97 bits per heavy atom. The predicted molar refractivity (Wildman–Crippen MR) is 125 cm³/mol. The third kappa shape index (κ3) is 4.73. The van der Waals surface area contributed by atoms with E-state index in [1.807, 2.05) is 60.9 Å². The lowest BCUT2D eigenvalue weighted by atomic mass is 10.1. The van der Waals surface area contributed by atoms with E-state index in [1.54, 1.807) is 11.8 Å². The third-order valence-corrected chi connectivity index (χ3v) is 6.25. The van der Waals surface area contributed by atoms with Crippen LogP contribution in [-0.2, 0) is 24.3 Å². The van der Waals surface area contributed by atoms with Gasteiger partial charge in [-0.3, -0.25) is 19.1 Å². The van der Waals surface area contributed by atoms with Crippen molar-refractivity contribution in [1.82, 2.24) is 14.5 Å². The summed E-state index contributed by atoms with van der Waals surface area (Å²) >= 11 is 1.61. The van der Waals surface area contributed by atoms with Crippen LogP contribution in [0, 0.1) is 0 Å². The van der Waals surface area contributed by atoms with E-state index in [0.29, 0.717) is 23.6 Å². The van der Waals surface area contributed by atoms with Gasteiger partial charge in [0.25, 0.3) is 5.56 Å². The number of anilines is 1. The number of carbonyl (C=O) groups is 1. The molecule has 1 aromatic heterocycles. The number of rotatable bonds is 6. The Balaban J connectivity index is 1.71. The highest BCUT2D eigenvalue weighted by atomic mass is 32.2. The fraction of sp³-hybridized carbons (Fsp3) is 0.292. The molecule has 2 heterocycles. The summed E-state index contributed by atoms with van der Waals surface area (Å²) in [5, 5.41) is 2.92. The van der Waals surface area contributed by atoms with Crippen LogP contribution in [-0.4, -0.2) is 39.7 Å². The summed E-state index contributed by atoms with van der Waals surface area (Å²) in [6.45, 7) is 4.35. The molecule has 4 rings (SSSR count). The first-order chi connectivity index (χ1) is 15.1. The van der Waals surface area contributed by atoms with Gasteiger partial charge in [-0.25, -0.2) is 4.98 Å². The van der Waals surface area contributed by atoms with Gasteiger partial charge < -0.3 is 5.32 Å². The quantitative estimate of drug-likeness (QED) is 0.600. The Labute approximate surface area is 186 Å². The molecule has 0 spiro atoms. The molecular formula is C24H26N4O2S. The molecule has 2 aromatic carbocycles. The maximum absolute atomic E-state index is 13.5. The Bertz CT molecular complexity index is 1140. The van der Waals surface area contributed by atoms with E-state index < -0.39 is 0 Å². The first kappa shape index (κ1) is 21.3. The van der Waals surface area contributed by atoms with Crippen molar-refractivity contribution in [3.05, 3.63) is 76.2 Å². The topological polar surface area (TPSA) is 67.2 Å². The summed E-state index contributed by atoms with van der Waals surface area (Å²) < 4.78 is 1.51. The van der Waals surface area contributed by atoms with Crippen LogP contribution in [0.2, 0.25) is 0 Å².